The van der Waals surface area contributed by atoms with Gasteiger partial charge in [0, 0.05) is 16.5 Å². The van der Waals surface area contributed by atoms with E-state index in [0.717, 1.165) is 23.1 Å². The van der Waals surface area contributed by atoms with Crippen LogP contribution in [0.1, 0.15) is 25.7 Å². The zero-order valence-corrected chi connectivity index (χ0v) is 9.49. The minimum Gasteiger partial charge on any atom is -0.457 e. The van der Waals surface area contributed by atoms with E-state index >= 15 is 0 Å². The fourth-order valence-electron chi connectivity index (χ4n) is 1.77. The van der Waals surface area contributed by atoms with E-state index in [9.17, 15) is 9.59 Å². The molecule has 0 aliphatic carbocycles. The van der Waals surface area contributed by atoms with Crippen LogP contribution >= 0.6 is 11.3 Å². The Balaban J connectivity index is 2.05. The van der Waals surface area contributed by atoms with E-state index in [4.69, 9.17) is 4.74 Å². The molecule has 0 N–H and O–H groups in total. The van der Waals surface area contributed by atoms with E-state index in [0.29, 0.717) is 17.2 Å². The molecular formula is C12H7NO3S. The first-order chi connectivity index (χ1) is 8.28. The number of rotatable bonds is 2. The topological polar surface area (TPSA) is 56.3 Å². The van der Waals surface area contributed by atoms with Crippen molar-refractivity contribution >= 4 is 23.6 Å². The summed E-state index contributed by atoms with van der Waals surface area (Å²) in [6.07, 6.45) is 0.730. The first-order valence-corrected chi connectivity index (χ1v) is 5.87. The molecule has 2 aromatic rings. The van der Waals surface area contributed by atoms with Crippen molar-refractivity contribution in [2.75, 3.05) is 0 Å². The van der Waals surface area contributed by atoms with Gasteiger partial charge in [-0.3, -0.25) is 4.79 Å². The number of hydrogen-bond donors (Lipinski definition) is 0. The molecule has 3 rings (SSSR count). The maximum absolute atomic E-state index is 11.3. The predicted octanol–water partition coefficient (Wildman–Crippen LogP) is 2.29. The number of nitrogens with zero attached hydrogens (tertiary/aromatic N) is 1. The van der Waals surface area contributed by atoms with Crippen molar-refractivity contribution in [2.24, 2.45) is 0 Å². The molecule has 5 heteroatoms. The highest BCUT2D eigenvalue weighted by Gasteiger charge is 2.21. The van der Waals surface area contributed by atoms with Crippen LogP contribution in [0.5, 0.6) is 0 Å². The number of esters is 1. The summed E-state index contributed by atoms with van der Waals surface area (Å²) in [5.74, 6) is -0.279. The normalized spacial score (nSPS) is 13.3. The zero-order valence-electron chi connectivity index (χ0n) is 8.67. The summed E-state index contributed by atoms with van der Waals surface area (Å²) in [5.41, 5.74) is 3.12. The van der Waals surface area contributed by atoms with Gasteiger partial charge >= 0.3 is 5.97 Å². The first kappa shape index (κ1) is 10.2. The van der Waals surface area contributed by atoms with Crippen LogP contribution in [0.2, 0.25) is 0 Å². The highest BCUT2D eigenvalue weighted by molar-refractivity contribution is 7.11. The summed E-state index contributed by atoms with van der Waals surface area (Å²) in [4.78, 5) is 26.0. The van der Waals surface area contributed by atoms with Gasteiger partial charge in [-0.1, -0.05) is 6.07 Å². The second kappa shape index (κ2) is 3.78. The lowest BCUT2D eigenvalue weighted by Gasteiger charge is -1.98. The van der Waals surface area contributed by atoms with Crippen LogP contribution in [0.3, 0.4) is 0 Å². The molecule has 1 aliphatic rings. The van der Waals surface area contributed by atoms with E-state index in [1.807, 2.05) is 17.5 Å². The third kappa shape index (κ3) is 1.64. The number of fused-ring (bicyclic) bond motifs is 1. The monoisotopic (exact) mass is 245 g/mol. The fourth-order valence-corrected chi connectivity index (χ4v) is 2.39. The molecule has 0 fully saturated rings. The number of aromatic nitrogens is 1. The smallest absolute Gasteiger partial charge is 0.338 e. The Morgan fingerprint density at radius 1 is 1.41 bits per heavy atom. The molecule has 0 unspecified atom stereocenters. The van der Waals surface area contributed by atoms with Gasteiger partial charge in [0.15, 0.2) is 11.3 Å². The van der Waals surface area contributed by atoms with Crippen LogP contribution in [0.15, 0.2) is 23.6 Å². The molecule has 0 atom stereocenters. The molecule has 1 aromatic heterocycles. The number of cyclic esters (lactones) is 1. The van der Waals surface area contributed by atoms with E-state index in [1.165, 1.54) is 11.3 Å². The maximum Gasteiger partial charge on any atom is 0.338 e. The average molecular weight is 245 g/mol. The lowest BCUT2D eigenvalue weighted by molar-refractivity contribution is 0.0535. The molecule has 4 nitrogen and oxygen atoms in total. The molecule has 17 heavy (non-hydrogen) atoms. The largest absolute Gasteiger partial charge is 0.457 e. The molecule has 0 saturated heterocycles. The van der Waals surface area contributed by atoms with E-state index < -0.39 is 0 Å². The summed E-state index contributed by atoms with van der Waals surface area (Å²) in [7, 11) is 0. The van der Waals surface area contributed by atoms with Crippen LogP contribution in [0, 0.1) is 0 Å². The van der Waals surface area contributed by atoms with Gasteiger partial charge in [-0.15, -0.1) is 11.3 Å². The van der Waals surface area contributed by atoms with Gasteiger partial charge in [0.1, 0.15) is 6.61 Å². The highest BCUT2D eigenvalue weighted by atomic mass is 32.1. The van der Waals surface area contributed by atoms with Crippen LogP contribution in [0.25, 0.3) is 11.3 Å². The van der Waals surface area contributed by atoms with E-state index in [1.54, 1.807) is 6.07 Å². The van der Waals surface area contributed by atoms with Crippen molar-refractivity contribution in [3.05, 3.63) is 39.7 Å². The van der Waals surface area contributed by atoms with Crippen LogP contribution in [-0.2, 0) is 11.3 Å². The third-order valence-corrected chi connectivity index (χ3v) is 3.37. The van der Waals surface area contributed by atoms with Gasteiger partial charge in [0.05, 0.1) is 11.3 Å². The molecule has 0 bridgehead atoms. The van der Waals surface area contributed by atoms with Crippen molar-refractivity contribution in [1.29, 1.82) is 0 Å². The molecule has 84 valence electrons. The second-order valence-electron chi connectivity index (χ2n) is 3.64. The Bertz CT molecular complexity index is 618. The molecule has 0 saturated carbocycles. The first-order valence-electron chi connectivity index (χ1n) is 4.99. The number of benzene rings is 1. The SMILES string of the molecule is O=Cc1nc(-c2ccc3c(c2)COC3=O)cs1. The van der Waals surface area contributed by atoms with Gasteiger partial charge in [0.2, 0.25) is 0 Å². The summed E-state index contributed by atoms with van der Waals surface area (Å²) < 4.78 is 4.93. The van der Waals surface area contributed by atoms with Gasteiger partial charge in [-0.2, -0.15) is 0 Å². The van der Waals surface area contributed by atoms with E-state index in [2.05, 4.69) is 4.98 Å². The Kier molecular flexibility index (Phi) is 2.26. The van der Waals surface area contributed by atoms with Crippen molar-refractivity contribution in [1.82, 2.24) is 4.98 Å². The van der Waals surface area contributed by atoms with Gasteiger partial charge in [-0.05, 0) is 12.1 Å². The molecule has 2 heterocycles. The lowest BCUT2D eigenvalue weighted by atomic mass is 10.0. The van der Waals surface area contributed by atoms with Crippen molar-refractivity contribution in [2.45, 2.75) is 6.61 Å². The third-order valence-electron chi connectivity index (χ3n) is 2.60. The minimum atomic E-state index is -0.279. The molecule has 1 aliphatic heterocycles. The summed E-state index contributed by atoms with van der Waals surface area (Å²) in [5, 5.41) is 2.27. The number of ether oxygens (including phenoxy) is 1. The maximum atomic E-state index is 11.3. The summed E-state index contributed by atoms with van der Waals surface area (Å²) in [6.45, 7) is 0.312. The number of carbonyl (C=O) groups excluding carboxylic acids is 2. The van der Waals surface area contributed by atoms with Crippen molar-refractivity contribution in [3.63, 3.8) is 0 Å². The van der Waals surface area contributed by atoms with Gasteiger partial charge in [-0.25, -0.2) is 9.78 Å². The van der Waals surface area contributed by atoms with Crippen LogP contribution in [-0.4, -0.2) is 17.2 Å². The highest BCUT2D eigenvalue weighted by Crippen LogP contribution is 2.27. The van der Waals surface area contributed by atoms with E-state index in [-0.39, 0.29) is 5.97 Å². The summed E-state index contributed by atoms with van der Waals surface area (Å²) in [6, 6.07) is 5.43. The number of thiazole rings is 1. The molecule has 0 amide bonds. The fraction of sp³-hybridized carbons (Fsp3) is 0.0833. The standard InChI is InChI=1S/C12H7NO3S/c14-4-11-13-10(6-17-11)7-1-2-9-8(3-7)5-16-12(9)15/h1-4,6H,5H2. The van der Waals surface area contributed by atoms with Crippen LogP contribution in [0.4, 0.5) is 0 Å². The predicted molar refractivity (Wildman–Crippen MR) is 62.1 cm³/mol. The Hall–Kier alpha value is -2.01. The Labute approximate surface area is 101 Å². The zero-order chi connectivity index (χ0) is 11.8. The lowest BCUT2D eigenvalue weighted by Crippen LogP contribution is -1.93. The van der Waals surface area contributed by atoms with Gasteiger partial charge in [0.25, 0.3) is 0 Å². The quantitative estimate of drug-likeness (QED) is 0.601. The Morgan fingerprint density at radius 2 is 2.29 bits per heavy atom. The average Bonchev–Trinajstić information content (AvgIpc) is 2.96. The minimum absolute atomic E-state index is 0.279. The second-order valence-corrected chi connectivity index (χ2v) is 4.53. The number of carbonyl (C=O) groups is 2. The Morgan fingerprint density at radius 3 is 3.06 bits per heavy atom. The summed E-state index contributed by atoms with van der Waals surface area (Å²) >= 11 is 1.30. The molecule has 0 spiro atoms. The molecular weight excluding hydrogens is 238 g/mol. The number of aldehydes is 1. The van der Waals surface area contributed by atoms with Crippen molar-refractivity contribution in [3.8, 4) is 11.3 Å². The number of hydrogen-bond acceptors (Lipinski definition) is 5. The van der Waals surface area contributed by atoms with Crippen molar-refractivity contribution < 1.29 is 14.3 Å². The molecule has 0 radical (unpaired) electrons. The van der Waals surface area contributed by atoms with Gasteiger partial charge < -0.3 is 4.74 Å². The van der Waals surface area contributed by atoms with Crippen LogP contribution < -0.4 is 0 Å². The molecule has 1 aromatic carbocycles.